The van der Waals surface area contributed by atoms with Gasteiger partial charge in [0.2, 0.25) is 5.88 Å². The van der Waals surface area contributed by atoms with Crippen molar-refractivity contribution >= 4 is 5.97 Å². The number of para-hydroxylation sites is 1. The third kappa shape index (κ3) is 4.10. The fourth-order valence-electron chi connectivity index (χ4n) is 2.99. The Hall–Kier alpha value is -3.45. The van der Waals surface area contributed by atoms with Crippen LogP contribution in [0.2, 0.25) is 0 Å². The van der Waals surface area contributed by atoms with Crippen molar-refractivity contribution in [3.8, 4) is 23.1 Å². The summed E-state index contributed by atoms with van der Waals surface area (Å²) in [6, 6.07) is 16.4. The lowest BCUT2D eigenvalue weighted by Gasteiger charge is -2.12. The first-order chi connectivity index (χ1) is 13.7. The Morgan fingerprint density at radius 1 is 1.00 bits per heavy atom. The molecule has 0 bridgehead atoms. The second-order valence-electron chi connectivity index (χ2n) is 6.43. The van der Waals surface area contributed by atoms with Crippen LogP contribution in [-0.4, -0.2) is 34.1 Å². The standard InChI is InChI=1S/C21H19N3O4/c25-21(26)18-13-23-19(14-10-11-22-12-14)24-20(18)28-17-8-6-16(7-9-17)27-15-4-2-1-3-5-15/h1-9,13-14,22H,10-12H2,(H,25,26). The highest BCUT2D eigenvalue weighted by molar-refractivity contribution is 5.89. The Morgan fingerprint density at radius 3 is 2.32 bits per heavy atom. The highest BCUT2D eigenvalue weighted by Gasteiger charge is 2.23. The average molecular weight is 377 g/mol. The Kier molecular flexibility index (Phi) is 5.16. The molecule has 1 saturated heterocycles. The zero-order chi connectivity index (χ0) is 19.3. The third-order valence-electron chi connectivity index (χ3n) is 4.45. The molecule has 1 aliphatic rings. The smallest absolute Gasteiger partial charge is 0.342 e. The van der Waals surface area contributed by atoms with Crippen LogP contribution in [0, 0.1) is 0 Å². The summed E-state index contributed by atoms with van der Waals surface area (Å²) in [5, 5.41) is 12.7. The molecule has 4 rings (SSSR count). The number of nitrogens with zero attached hydrogens (tertiary/aromatic N) is 2. The molecule has 1 unspecified atom stereocenters. The number of rotatable bonds is 6. The fourth-order valence-corrected chi connectivity index (χ4v) is 2.99. The molecular weight excluding hydrogens is 358 g/mol. The summed E-state index contributed by atoms with van der Waals surface area (Å²) >= 11 is 0. The number of carbonyl (C=O) groups is 1. The van der Waals surface area contributed by atoms with Crippen LogP contribution in [0.15, 0.2) is 60.8 Å². The summed E-state index contributed by atoms with van der Waals surface area (Å²) in [5.41, 5.74) is -0.0701. The Labute approximate surface area is 162 Å². The van der Waals surface area contributed by atoms with Gasteiger partial charge in [0, 0.05) is 18.7 Å². The van der Waals surface area contributed by atoms with Crippen molar-refractivity contribution < 1.29 is 19.4 Å². The Morgan fingerprint density at radius 2 is 1.68 bits per heavy atom. The Balaban J connectivity index is 1.54. The van der Waals surface area contributed by atoms with Gasteiger partial charge in [-0.05, 0) is 49.4 Å². The molecule has 1 aromatic heterocycles. The molecule has 0 amide bonds. The maximum Gasteiger partial charge on any atom is 0.342 e. The van der Waals surface area contributed by atoms with Crippen LogP contribution in [0.25, 0.3) is 0 Å². The molecule has 1 atom stereocenters. The largest absolute Gasteiger partial charge is 0.477 e. The van der Waals surface area contributed by atoms with E-state index in [0.717, 1.165) is 25.3 Å². The molecule has 142 valence electrons. The molecule has 1 fully saturated rings. The summed E-state index contributed by atoms with van der Waals surface area (Å²) in [6.07, 6.45) is 2.22. The lowest BCUT2D eigenvalue weighted by Crippen LogP contribution is -2.12. The van der Waals surface area contributed by atoms with Crippen LogP contribution in [0.5, 0.6) is 23.1 Å². The summed E-state index contributed by atoms with van der Waals surface area (Å²) < 4.78 is 11.5. The lowest BCUT2D eigenvalue weighted by atomic mass is 10.1. The predicted molar refractivity (Wildman–Crippen MR) is 102 cm³/mol. The molecule has 2 heterocycles. The molecule has 7 nitrogen and oxygen atoms in total. The molecule has 2 aromatic carbocycles. The molecule has 0 radical (unpaired) electrons. The lowest BCUT2D eigenvalue weighted by molar-refractivity contribution is 0.0692. The van der Waals surface area contributed by atoms with Gasteiger partial charge in [0.1, 0.15) is 28.6 Å². The van der Waals surface area contributed by atoms with E-state index >= 15 is 0 Å². The van der Waals surface area contributed by atoms with Crippen molar-refractivity contribution in [2.24, 2.45) is 0 Å². The number of carboxylic acid groups (broad SMARTS) is 1. The number of ether oxygens (including phenoxy) is 2. The molecule has 0 aliphatic carbocycles. The van der Waals surface area contributed by atoms with Crippen LogP contribution in [0.3, 0.4) is 0 Å². The molecular formula is C21H19N3O4. The van der Waals surface area contributed by atoms with Crippen molar-refractivity contribution in [2.75, 3.05) is 13.1 Å². The van der Waals surface area contributed by atoms with Gasteiger partial charge in [-0.2, -0.15) is 4.98 Å². The van der Waals surface area contributed by atoms with Gasteiger partial charge in [0.05, 0.1) is 0 Å². The average Bonchev–Trinajstić information content (AvgIpc) is 3.25. The minimum absolute atomic E-state index is 0.0427. The summed E-state index contributed by atoms with van der Waals surface area (Å²) in [7, 11) is 0. The van der Waals surface area contributed by atoms with Crippen molar-refractivity contribution in [3.05, 3.63) is 72.2 Å². The molecule has 0 spiro atoms. The van der Waals surface area contributed by atoms with Gasteiger partial charge in [-0.15, -0.1) is 0 Å². The van der Waals surface area contributed by atoms with Crippen molar-refractivity contribution in [2.45, 2.75) is 12.3 Å². The normalized spacial score (nSPS) is 15.9. The maximum absolute atomic E-state index is 11.5. The molecule has 1 aliphatic heterocycles. The first-order valence-electron chi connectivity index (χ1n) is 9.01. The monoisotopic (exact) mass is 377 g/mol. The highest BCUT2D eigenvalue weighted by atomic mass is 16.5. The number of hydrogen-bond donors (Lipinski definition) is 2. The van der Waals surface area contributed by atoms with Gasteiger partial charge in [-0.25, -0.2) is 9.78 Å². The number of carboxylic acids is 1. The van der Waals surface area contributed by atoms with E-state index in [1.165, 1.54) is 6.20 Å². The van der Waals surface area contributed by atoms with Gasteiger partial charge in [-0.1, -0.05) is 18.2 Å². The predicted octanol–water partition coefficient (Wildman–Crippen LogP) is 3.84. The van der Waals surface area contributed by atoms with Crippen molar-refractivity contribution in [1.82, 2.24) is 15.3 Å². The van der Waals surface area contributed by atoms with Gasteiger partial charge >= 0.3 is 5.97 Å². The second-order valence-corrected chi connectivity index (χ2v) is 6.43. The van der Waals surface area contributed by atoms with Crippen molar-refractivity contribution in [3.63, 3.8) is 0 Å². The van der Waals surface area contributed by atoms with E-state index in [4.69, 9.17) is 9.47 Å². The van der Waals surface area contributed by atoms with E-state index in [1.54, 1.807) is 24.3 Å². The van der Waals surface area contributed by atoms with Gasteiger partial charge in [-0.3, -0.25) is 0 Å². The molecule has 7 heteroatoms. The SMILES string of the molecule is O=C(O)c1cnc(C2CCNC2)nc1Oc1ccc(Oc2ccccc2)cc1. The molecule has 28 heavy (non-hydrogen) atoms. The van der Waals surface area contributed by atoms with Gasteiger partial charge < -0.3 is 19.9 Å². The summed E-state index contributed by atoms with van der Waals surface area (Å²) in [4.78, 5) is 20.1. The highest BCUT2D eigenvalue weighted by Crippen LogP contribution is 2.29. The molecule has 0 saturated carbocycles. The van der Waals surface area contributed by atoms with E-state index in [0.29, 0.717) is 17.3 Å². The van der Waals surface area contributed by atoms with Crippen LogP contribution in [-0.2, 0) is 0 Å². The summed E-state index contributed by atoms with van der Waals surface area (Å²) in [6.45, 7) is 1.67. The topological polar surface area (TPSA) is 93.6 Å². The van der Waals surface area contributed by atoms with E-state index in [9.17, 15) is 9.90 Å². The van der Waals surface area contributed by atoms with Crippen molar-refractivity contribution in [1.29, 1.82) is 0 Å². The van der Waals surface area contributed by atoms with Crippen LogP contribution in [0.1, 0.15) is 28.5 Å². The third-order valence-corrected chi connectivity index (χ3v) is 4.45. The number of nitrogens with one attached hydrogen (secondary N) is 1. The fraction of sp³-hybridized carbons (Fsp3) is 0.190. The number of benzene rings is 2. The number of aromatic carboxylic acids is 1. The maximum atomic E-state index is 11.5. The molecule has 3 aromatic rings. The quantitative estimate of drug-likeness (QED) is 0.674. The minimum Gasteiger partial charge on any atom is -0.477 e. The van der Waals surface area contributed by atoms with Crippen LogP contribution >= 0.6 is 0 Å². The summed E-state index contributed by atoms with van der Waals surface area (Å²) in [5.74, 6) is 1.52. The van der Waals surface area contributed by atoms with E-state index in [1.807, 2.05) is 30.3 Å². The van der Waals surface area contributed by atoms with Gasteiger partial charge in [0.15, 0.2) is 0 Å². The van der Waals surface area contributed by atoms with E-state index in [2.05, 4.69) is 15.3 Å². The first kappa shape index (κ1) is 17.9. The van der Waals surface area contributed by atoms with Crippen LogP contribution in [0.4, 0.5) is 0 Å². The zero-order valence-electron chi connectivity index (χ0n) is 15.0. The van der Waals surface area contributed by atoms with Gasteiger partial charge in [0.25, 0.3) is 0 Å². The number of aromatic nitrogens is 2. The zero-order valence-corrected chi connectivity index (χ0v) is 15.0. The van der Waals surface area contributed by atoms with E-state index in [-0.39, 0.29) is 17.4 Å². The van der Waals surface area contributed by atoms with E-state index < -0.39 is 5.97 Å². The second kappa shape index (κ2) is 8.06. The molecule has 2 N–H and O–H groups in total. The van der Waals surface area contributed by atoms with Crippen LogP contribution < -0.4 is 14.8 Å². The Bertz CT molecular complexity index is 955. The first-order valence-corrected chi connectivity index (χ1v) is 9.01. The number of hydrogen-bond acceptors (Lipinski definition) is 6. The minimum atomic E-state index is -1.13.